The molecule has 1 aromatic carbocycles. The van der Waals surface area contributed by atoms with Crippen LogP contribution in [0.1, 0.15) is 57.9 Å². The van der Waals surface area contributed by atoms with Crippen molar-refractivity contribution in [2.24, 2.45) is 0 Å². The molecule has 0 radical (unpaired) electrons. The summed E-state index contributed by atoms with van der Waals surface area (Å²) < 4.78 is 0. The standard InChI is InChI=1S/C25H27N3OS/c1-17(2)28-22-6-5-19(21-16-30-24(27-21)18-8-13-26-14-9-18)15-20(22)25(10-3-4-11-25)12-7-23(28)29/h5-6,8-9,13-17H,3-4,7,10-12H2,1-2H3. The highest BCUT2D eigenvalue weighted by Gasteiger charge is 2.42. The zero-order valence-electron chi connectivity index (χ0n) is 17.6. The molecule has 4 nitrogen and oxygen atoms in total. The van der Waals surface area contributed by atoms with Crippen molar-refractivity contribution < 1.29 is 4.79 Å². The Hall–Kier alpha value is -2.53. The average molecular weight is 418 g/mol. The molecule has 1 spiro atoms. The molecule has 2 aliphatic rings. The van der Waals surface area contributed by atoms with Crippen LogP contribution in [0.5, 0.6) is 0 Å². The topological polar surface area (TPSA) is 46.1 Å². The molecule has 30 heavy (non-hydrogen) atoms. The minimum Gasteiger partial charge on any atom is -0.310 e. The molecule has 5 rings (SSSR count). The summed E-state index contributed by atoms with van der Waals surface area (Å²) in [6, 6.07) is 10.8. The molecule has 0 N–H and O–H groups in total. The lowest BCUT2D eigenvalue weighted by molar-refractivity contribution is -0.119. The molecule has 0 saturated heterocycles. The third-order valence-corrected chi connectivity index (χ3v) is 7.61. The van der Waals surface area contributed by atoms with Crippen molar-refractivity contribution in [1.82, 2.24) is 9.97 Å². The minimum atomic E-state index is 0.134. The van der Waals surface area contributed by atoms with Gasteiger partial charge in [-0.2, -0.15) is 0 Å². The molecule has 1 amide bonds. The van der Waals surface area contributed by atoms with Crippen LogP contribution in [-0.2, 0) is 10.2 Å². The van der Waals surface area contributed by atoms with E-state index in [0.29, 0.717) is 6.42 Å². The van der Waals surface area contributed by atoms with Gasteiger partial charge in [0.1, 0.15) is 5.01 Å². The second-order valence-corrected chi connectivity index (χ2v) is 9.71. The van der Waals surface area contributed by atoms with Crippen molar-refractivity contribution in [2.75, 3.05) is 4.90 Å². The molecule has 2 aromatic heterocycles. The molecule has 0 bridgehead atoms. The number of thiazole rings is 1. The number of carbonyl (C=O) groups excluding carboxylic acids is 1. The van der Waals surface area contributed by atoms with Crippen molar-refractivity contribution in [3.63, 3.8) is 0 Å². The summed E-state index contributed by atoms with van der Waals surface area (Å²) >= 11 is 1.67. The molecule has 1 fully saturated rings. The Labute approximate surface area is 182 Å². The lowest BCUT2D eigenvalue weighted by atomic mass is 9.74. The fourth-order valence-corrected chi connectivity index (χ4v) is 6.07. The number of carbonyl (C=O) groups is 1. The van der Waals surface area contributed by atoms with E-state index in [4.69, 9.17) is 4.98 Å². The third-order valence-electron chi connectivity index (χ3n) is 6.72. The van der Waals surface area contributed by atoms with Gasteiger partial charge in [-0.1, -0.05) is 18.9 Å². The molecule has 154 valence electrons. The smallest absolute Gasteiger partial charge is 0.227 e. The van der Waals surface area contributed by atoms with Gasteiger partial charge in [0, 0.05) is 47.1 Å². The van der Waals surface area contributed by atoms with E-state index in [2.05, 4.69) is 42.4 Å². The van der Waals surface area contributed by atoms with Crippen molar-refractivity contribution >= 4 is 22.9 Å². The van der Waals surface area contributed by atoms with Gasteiger partial charge >= 0.3 is 0 Å². The molecule has 1 aliphatic carbocycles. The van der Waals surface area contributed by atoms with E-state index in [-0.39, 0.29) is 17.4 Å². The second kappa shape index (κ2) is 7.62. The van der Waals surface area contributed by atoms with Crippen molar-refractivity contribution in [2.45, 2.75) is 63.8 Å². The van der Waals surface area contributed by atoms with Crippen LogP contribution in [0.3, 0.4) is 0 Å². The van der Waals surface area contributed by atoms with Crippen LogP contribution in [0, 0.1) is 0 Å². The van der Waals surface area contributed by atoms with Gasteiger partial charge < -0.3 is 4.90 Å². The van der Waals surface area contributed by atoms with Crippen LogP contribution in [0.2, 0.25) is 0 Å². The predicted molar refractivity (Wildman–Crippen MR) is 123 cm³/mol. The Balaban J connectivity index is 1.61. The van der Waals surface area contributed by atoms with Crippen molar-refractivity contribution in [3.8, 4) is 21.8 Å². The zero-order chi connectivity index (χ0) is 20.7. The minimum absolute atomic E-state index is 0.134. The van der Waals surface area contributed by atoms with Crippen LogP contribution >= 0.6 is 11.3 Å². The van der Waals surface area contributed by atoms with Crippen molar-refractivity contribution in [1.29, 1.82) is 0 Å². The van der Waals surface area contributed by atoms with Gasteiger partial charge in [-0.05, 0) is 68.4 Å². The molecule has 1 aliphatic heterocycles. The monoisotopic (exact) mass is 417 g/mol. The van der Waals surface area contributed by atoms with Gasteiger partial charge in [0.15, 0.2) is 0 Å². The van der Waals surface area contributed by atoms with E-state index >= 15 is 0 Å². The Bertz CT molecular complexity index is 1070. The highest BCUT2D eigenvalue weighted by molar-refractivity contribution is 7.13. The third kappa shape index (κ3) is 3.25. The van der Waals surface area contributed by atoms with E-state index < -0.39 is 0 Å². The number of pyridine rings is 1. The SMILES string of the molecule is CC(C)N1C(=O)CCC2(CCCC2)c2cc(-c3csc(-c4ccncc4)n3)ccc21. The molecule has 0 atom stereocenters. The summed E-state index contributed by atoms with van der Waals surface area (Å²) in [5.41, 5.74) is 5.86. The number of rotatable bonds is 3. The quantitative estimate of drug-likeness (QED) is 0.508. The summed E-state index contributed by atoms with van der Waals surface area (Å²) in [4.78, 5) is 24.0. The number of anilines is 1. The van der Waals surface area contributed by atoms with Crippen molar-refractivity contribution in [3.05, 3.63) is 53.7 Å². The highest BCUT2D eigenvalue weighted by Crippen LogP contribution is 2.51. The summed E-state index contributed by atoms with van der Waals surface area (Å²) in [6.45, 7) is 4.23. The first-order valence-corrected chi connectivity index (χ1v) is 11.8. The number of aromatic nitrogens is 2. The molecule has 0 unspecified atom stereocenters. The number of nitrogens with zero attached hydrogens (tertiary/aromatic N) is 3. The van der Waals surface area contributed by atoms with Crippen LogP contribution in [-0.4, -0.2) is 21.9 Å². The normalized spacial score (nSPS) is 18.1. The predicted octanol–water partition coefficient (Wildman–Crippen LogP) is 6.22. The Morgan fingerprint density at radius 3 is 2.53 bits per heavy atom. The van der Waals surface area contributed by atoms with E-state index in [9.17, 15) is 4.79 Å². The molecule has 5 heteroatoms. The zero-order valence-corrected chi connectivity index (χ0v) is 18.4. The van der Waals surface area contributed by atoms with Crippen LogP contribution < -0.4 is 4.90 Å². The van der Waals surface area contributed by atoms with E-state index in [0.717, 1.165) is 33.9 Å². The fraction of sp³-hybridized carbons (Fsp3) is 0.400. The largest absolute Gasteiger partial charge is 0.310 e. The second-order valence-electron chi connectivity index (χ2n) is 8.85. The number of fused-ring (bicyclic) bond motifs is 2. The van der Waals surface area contributed by atoms with Gasteiger partial charge in [0.05, 0.1) is 5.69 Å². The number of benzene rings is 1. The number of hydrogen-bond acceptors (Lipinski definition) is 4. The molecule has 3 aromatic rings. The van der Waals surface area contributed by atoms with E-state index in [1.54, 1.807) is 23.7 Å². The van der Waals surface area contributed by atoms with Crippen LogP contribution in [0.4, 0.5) is 5.69 Å². The van der Waals surface area contributed by atoms with Crippen LogP contribution in [0.15, 0.2) is 48.1 Å². The van der Waals surface area contributed by atoms with Gasteiger partial charge in [0.2, 0.25) is 5.91 Å². The van der Waals surface area contributed by atoms with Gasteiger partial charge in [-0.15, -0.1) is 11.3 Å². The summed E-state index contributed by atoms with van der Waals surface area (Å²) in [5.74, 6) is 0.261. The fourth-order valence-electron chi connectivity index (χ4n) is 5.24. The first kappa shape index (κ1) is 19.4. The van der Waals surface area contributed by atoms with E-state index in [1.165, 1.54) is 31.2 Å². The van der Waals surface area contributed by atoms with Crippen LogP contribution in [0.25, 0.3) is 21.8 Å². The van der Waals surface area contributed by atoms with Gasteiger partial charge in [-0.25, -0.2) is 4.98 Å². The molecule has 1 saturated carbocycles. The highest BCUT2D eigenvalue weighted by atomic mass is 32.1. The average Bonchev–Trinajstić information content (AvgIpc) is 3.41. The lowest BCUT2D eigenvalue weighted by Gasteiger charge is -2.32. The Kier molecular flexibility index (Phi) is 4.94. The number of amides is 1. The first-order chi connectivity index (χ1) is 14.6. The maximum absolute atomic E-state index is 13.0. The molecular weight excluding hydrogens is 390 g/mol. The Morgan fingerprint density at radius 1 is 1.03 bits per heavy atom. The summed E-state index contributed by atoms with van der Waals surface area (Å²) in [7, 11) is 0. The van der Waals surface area contributed by atoms with E-state index in [1.807, 2.05) is 17.0 Å². The summed E-state index contributed by atoms with van der Waals surface area (Å²) in [5, 5.41) is 3.15. The lowest BCUT2D eigenvalue weighted by Crippen LogP contribution is -2.36. The van der Waals surface area contributed by atoms with Gasteiger partial charge in [-0.3, -0.25) is 9.78 Å². The molecule has 3 heterocycles. The first-order valence-electron chi connectivity index (χ1n) is 10.9. The van der Waals surface area contributed by atoms with Gasteiger partial charge in [0.25, 0.3) is 0 Å². The number of hydrogen-bond donors (Lipinski definition) is 0. The summed E-state index contributed by atoms with van der Waals surface area (Å²) in [6.07, 6.45) is 10.1. The Morgan fingerprint density at radius 2 is 1.80 bits per heavy atom. The maximum Gasteiger partial charge on any atom is 0.227 e. The molecular formula is C25H27N3OS. The maximum atomic E-state index is 13.0.